The molecule has 1 fully saturated rings. The van der Waals surface area contributed by atoms with Gasteiger partial charge in [-0.15, -0.1) is 0 Å². The number of carbonyl (C=O) groups excluding carboxylic acids is 2. The van der Waals surface area contributed by atoms with Gasteiger partial charge in [0.05, 0.1) is 0 Å². The van der Waals surface area contributed by atoms with E-state index in [0.717, 1.165) is 15.3 Å². The Kier molecular flexibility index (Phi) is 7.17. The number of hydrogen-bond donors (Lipinski definition) is 2. The molecule has 0 bridgehead atoms. The number of aliphatic hydroxyl groups excluding tert-OH is 1. The van der Waals surface area contributed by atoms with Crippen LogP contribution in [0.2, 0.25) is 5.04 Å². The van der Waals surface area contributed by atoms with Gasteiger partial charge in [-0.1, -0.05) is 74.5 Å². The van der Waals surface area contributed by atoms with E-state index in [4.69, 9.17) is 4.74 Å². The third-order valence-corrected chi connectivity index (χ3v) is 11.0. The zero-order valence-electron chi connectivity index (χ0n) is 20.1. The number of aliphatic hydroxyl groups is 1. The van der Waals surface area contributed by atoms with Crippen molar-refractivity contribution in [3.05, 3.63) is 60.7 Å². The van der Waals surface area contributed by atoms with Gasteiger partial charge in [0.15, 0.2) is 0 Å². The fraction of sp³-hybridized carbons (Fsp3) is 0.462. The second-order valence-electron chi connectivity index (χ2n) is 10.5. The van der Waals surface area contributed by atoms with Gasteiger partial charge in [-0.25, -0.2) is 9.69 Å². The Hall–Kier alpha value is -2.48. The molecule has 2 atom stereocenters. The van der Waals surface area contributed by atoms with Gasteiger partial charge in [-0.2, -0.15) is 0 Å². The molecule has 0 unspecified atom stereocenters. The van der Waals surface area contributed by atoms with E-state index in [-0.39, 0.29) is 6.42 Å². The number of amides is 2. The van der Waals surface area contributed by atoms with Crippen LogP contribution in [0.25, 0.3) is 0 Å². The number of benzene rings is 2. The fourth-order valence-corrected chi connectivity index (χ4v) is 8.37. The van der Waals surface area contributed by atoms with Gasteiger partial charge in [0.2, 0.25) is 0 Å². The smallest absolute Gasteiger partial charge is 0.417 e. The van der Waals surface area contributed by atoms with E-state index in [1.165, 1.54) is 0 Å². The topological polar surface area (TPSA) is 87.1 Å². The predicted molar refractivity (Wildman–Crippen MR) is 131 cm³/mol. The van der Waals surface area contributed by atoms with Crippen molar-refractivity contribution >= 4 is 30.7 Å². The summed E-state index contributed by atoms with van der Waals surface area (Å²) in [6.45, 7) is 9.32. The second-order valence-corrected chi connectivity index (χ2v) is 14.4. The van der Waals surface area contributed by atoms with Crippen LogP contribution in [0, 0.1) is 0 Å². The Morgan fingerprint density at radius 3 is 1.94 bits per heavy atom. The van der Waals surface area contributed by atoms with Gasteiger partial charge < -0.3 is 14.6 Å². The van der Waals surface area contributed by atoms with Gasteiger partial charge in [0, 0.05) is 12.5 Å². The van der Waals surface area contributed by atoms with Crippen LogP contribution in [-0.2, 0) is 9.53 Å². The summed E-state index contributed by atoms with van der Waals surface area (Å²) in [5.41, 5.74) is -0.748. The van der Waals surface area contributed by atoms with Crippen LogP contribution in [-0.4, -0.2) is 52.9 Å². The lowest BCUT2D eigenvalue weighted by Gasteiger charge is -2.42. The van der Waals surface area contributed by atoms with Crippen LogP contribution >= 0.6 is 0 Å². The molecule has 33 heavy (non-hydrogen) atoms. The fourth-order valence-electron chi connectivity index (χ4n) is 4.62. The van der Waals surface area contributed by atoms with E-state index in [2.05, 4.69) is 0 Å². The van der Waals surface area contributed by atoms with Gasteiger partial charge in [0.25, 0.3) is 14.2 Å². The standard InChI is InChI=1S/C26H35NO5Si/c1-25(2,3)32-24(30)27-19(18-22(28)23(27)29)16-17-26(4,5)33(31,20-12-8-6-9-13-20)21-14-10-7-11-15-21/h6-15,19,22,28,31H,16-18H2,1-5H3/t19-,22-/m1/s1. The summed E-state index contributed by atoms with van der Waals surface area (Å²) in [7, 11) is -3.20. The highest BCUT2D eigenvalue weighted by atomic mass is 28.4. The van der Waals surface area contributed by atoms with E-state index in [9.17, 15) is 19.5 Å². The highest BCUT2D eigenvalue weighted by molar-refractivity contribution is 6.98. The minimum atomic E-state index is -3.20. The summed E-state index contributed by atoms with van der Waals surface area (Å²) in [6, 6.07) is 19.0. The van der Waals surface area contributed by atoms with E-state index in [1.54, 1.807) is 20.8 Å². The number of rotatable bonds is 6. The molecule has 0 aliphatic carbocycles. The number of imide groups is 1. The SMILES string of the molecule is CC(C)(C)OC(=O)N1C(=O)[C@H](O)C[C@H]1CCC(C)(C)[Si](O)(c1ccccc1)c1ccccc1. The van der Waals surface area contributed by atoms with Crippen LogP contribution < -0.4 is 10.4 Å². The molecule has 1 aliphatic heterocycles. The molecule has 6 nitrogen and oxygen atoms in total. The maximum absolute atomic E-state index is 12.7. The molecule has 1 aliphatic rings. The largest absolute Gasteiger partial charge is 0.443 e. The minimum absolute atomic E-state index is 0.171. The third kappa shape index (κ3) is 5.21. The first-order chi connectivity index (χ1) is 15.4. The molecular formula is C26H35NO5Si. The quantitative estimate of drug-likeness (QED) is 0.635. The van der Waals surface area contributed by atoms with Crippen LogP contribution in [0.3, 0.4) is 0 Å². The lowest BCUT2D eigenvalue weighted by atomic mass is 10.0. The Bertz CT molecular complexity index is 932. The van der Waals surface area contributed by atoms with E-state index in [1.807, 2.05) is 74.5 Å². The summed E-state index contributed by atoms with van der Waals surface area (Å²) >= 11 is 0. The van der Waals surface area contributed by atoms with Crippen molar-refractivity contribution in [2.45, 2.75) is 76.7 Å². The maximum Gasteiger partial charge on any atom is 0.417 e. The van der Waals surface area contributed by atoms with Crippen LogP contribution in [0.5, 0.6) is 0 Å². The summed E-state index contributed by atoms with van der Waals surface area (Å²) in [6.07, 6.45) is -0.756. The highest BCUT2D eigenvalue weighted by Crippen LogP contribution is 2.41. The molecule has 3 rings (SSSR count). The number of nitrogens with zero attached hydrogens (tertiary/aromatic N) is 1. The maximum atomic E-state index is 12.7. The minimum Gasteiger partial charge on any atom is -0.443 e. The molecule has 0 radical (unpaired) electrons. The van der Waals surface area contributed by atoms with Crippen molar-refractivity contribution in [3.63, 3.8) is 0 Å². The predicted octanol–water partition coefficient (Wildman–Crippen LogP) is 3.20. The zero-order valence-corrected chi connectivity index (χ0v) is 21.1. The van der Waals surface area contributed by atoms with Crippen molar-refractivity contribution < 1.29 is 24.2 Å². The first kappa shape index (κ1) is 25.1. The molecule has 2 aromatic rings. The van der Waals surface area contributed by atoms with Gasteiger partial charge in [0.1, 0.15) is 11.7 Å². The van der Waals surface area contributed by atoms with Gasteiger partial charge in [-0.05, 0) is 49.0 Å². The number of ether oxygens (including phenoxy) is 1. The normalized spacial score (nSPS) is 19.6. The Labute approximate surface area is 197 Å². The molecule has 0 saturated carbocycles. The number of hydrogen-bond acceptors (Lipinski definition) is 5. The molecule has 0 aromatic heterocycles. The highest BCUT2D eigenvalue weighted by Gasteiger charge is 2.51. The summed E-state index contributed by atoms with van der Waals surface area (Å²) < 4.78 is 5.42. The molecular weight excluding hydrogens is 434 g/mol. The lowest BCUT2D eigenvalue weighted by Crippen LogP contribution is -2.65. The van der Waals surface area contributed by atoms with Crippen LogP contribution in [0.15, 0.2) is 60.7 Å². The molecule has 7 heteroatoms. The van der Waals surface area contributed by atoms with Crippen molar-refractivity contribution in [2.75, 3.05) is 0 Å². The van der Waals surface area contributed by atoms with E-state index in [0.29, 0.717) is 12.8 Å². The summed E-state index contributed by atoms with van der Waals surface area (Å²) in [4.78, 5) is 38.6. The van der Waals surface area contributed by atoms with Gasteiger partial charge >= 0.3 is 6.09 Å². The molecule has 2 amide bonds. The van der Waals surface area contributed by atoms with Crippen LogP contribution in [0.1, 0.15) is 53.9 Å². The molecule has 0 spiro atoms. The second kappa shape index (κ2) is 9.41. The number of carbonyl (C=O) groups is 2. The Balaban J connectivity index is 1.89. The monoisotopic (exact) mass is 469 g/mol. The molecule has 1 saturated heterocycles. The number of likely N-dealkylation sites (tertiary alicyclic amines) is 1. The molecule has 2 aromatic carbocycles. The first-order valence-electron chi connectivity index (χ1n) is 11.4. The van der Waals surface area contributed by atoms with Crippen molar-refractivity contribution in [1.82, 2.24) is 4.90 Å². The Morgan fingerprint density at radius 1 is 1.00 bits per heavy atom. The van der Waals surface area contributed by atoms with E-state index >= 15 is 0 Å². The first-order valence-corrected chi connectivity index (χ1v) is 13.4. The zero-order chi connectivity index (χ0) is 24.4. The van der Waals surface area contributed by atoms with Crippen molar-refractivity contribution in [1.29, 1.82) is 0 Å². The molecule has 178 valence electrons. The molecule has 2 N–H and O–H groups in total. The summed E-state index contributed by atoms with van der Waals surface area (Å²) in [5.74, 6) is -0.620. The average molecular weight is 470 g/mol. The third-order valence-electron chi connectivity index (χ3n) is 6.44. The van der Waals surface area contributed by atoms with Crippen LogP contribution in [0.4, 0.5) is 4.79 Å². The Morgan fingerprint density at radius 2 is 1.48 bits per heavy atom. The lowest BCUT2D eigenvalue weighted by molar-refractivity contribution is -0.134. The van der Waals surface area contributed by atoms with Crippen molar-refractivity contribution in [3.8, 4) is 0 Å². The summed E-state index contributed by atoms with van der Waals surface area (Å²) in [5, 5.41) is 11.5. The molecule has 1 heterocycles. The van der Waals surface area contributed by atoms with E-state index < -0.39 is 43.1 Å². The average Bonchev–Trinajstić information content (AvgIpc) is 3.05. The van der Waals surface area contributed by atoms with Gasteiger partial charge in [-0.3, -0.25) is 4.79 Å². The van der Waals surface area contributed by atoms with Crippen molar-refractivity contribution in [2.24, 2.45) is 0 Å².